The van der Waals surface area contributed by atoms with Gasteiger partial charge in [-0.3, -0.25) is 13.9 Å². The SMILES string of the molecule is CC(C)OP(=O)(C=O)c1c(-c2ccc(-c3cccs3)s2)sc(-c2ccc(-c3cccs3)s2)c1P(=O)(OC(C)C)OC(C)C. The maximum atomic E-state index is 15.1. The topological polar surface area (TPSA) is 78.9 Å². The van der Waals surface area contributed by atoms with Gasteiger partial charge in [0.2, 0.25) is 6.03 Å². The zero-order chi connectivity index (χ0) is 30.9. The highest BCUT2D eigenvalue weighted by atomic mass is 32.1. The molecule has 0 saturated heterocycles. The molecule has 6 nitrogen and oxygen atoms in total. The number of carbonyl (C=O) groups excluding carboxylic acids is 1. The highest BCUT2D eigenvalue weighted by Gasteiger charge is 2.46. The number of thiophene rings is 5. The highest BCUT2D eigenvalue weighted by Crippen LogP contribution is 2.60. The van der Waals surface area contributed by atoms with Crippen LogP contribution < -0.4 is 10.6 Å². The second-order valence-electron chi connectivity index (χ2n) is 10.4. The zero-order valence-electron chi connectivity index (χ0n) is 24.5. The average Bonchev–Trinajstić information content (AvgIpc) is 3.76. The van der Waals surface area contributed by atoms with Crippen molar-refractivity contribution in [3.63, 3.8) is 0 Å². The average molecular weight is 711 g/mol. The fraction of sp³-hybridized carbons (Fsp3) is 0.300. The van der Waals surface area contributed by atoms with Crippen LogP contribution in [0.4, 0.5) is 0 Å². The van der Waals surface area contributed by atoms with Crippen LogP contribution in [0.25, 0.3) is 39.0 Å². The molecule has 1 unspecified atom stereocenters. The quantitative estimate of drug-likeness (QED) is 0.0894. The molecule has 0 aliphatic rings. The summed E-state index contributed by atoms with van der Waals surface area (Å²) in [6, 6.07) is 16.4. The maximum absolute atomic E-state index is 15.1. The Hall–Kier alpha value is -1.49. The van der Waals surface area contributed by atoms with E-state index in [1.54, 1.807) is 64.2 Å². The van der Waals surface area contributed by atoms with Crippen molar-refractivity contribution in [1.29, 1.82) is 0 Å². The Balaban J connectivity index is 1.86. The van der Waals surface area contributed by atoms with E-state index < -0.39 is 33.3 Å². The molecule has 0 radical (unpaired) electrons. The van der Waals surface area contributed by atoms with Gasteiger partial charge >= 0.3 is 7.60 Å². The third-order valence-corrected chi connectivity index (χ3v) is 16.6. The molecule has 0 aliphatic carbocycles. The van der Waals surface area contributed by atoms with Crippen molar-refractivity contribution in [2.45, 2.75) is 59.9 Å². The molecule has 43 heavy (non-hydrogen) atoms. The smallest absolute Gasteiger partial charge is 0.317 e. The van der Waals surface area contributed by atoms with Crippen LogP contribution in [0.3, 0.4) is 0 Å². The molecule has 5 rings (SSSR count). The van der Waals surface area contributed by atoms with Crippen LogP contribution in [-0.4, -0.2) is 24.3 Å². The lowest BCUT2D eigenvalue weighted by atomic mass is 10.3. The number of carbonyl (C=O) groups is 1. The molecule has 0 bridgehead atoms. The first-order chi connectivity index (χ1) is 20.4. The van der Waals surface area contributed by atoms with Crippen LogP contribution in [0.5, 0.6) is 0 Å². The molecule has 5 heterocycles. The fourth-order valence-electron chi connectivity index (χ4n) is 4.44. The summed E-state index contributed by atoms with van der Waals surface area (Å²) in [4.78, 5) is 19.9. The van der Waals surface area contributed by atoms with Gasteiger partial charge in [-0.2, -0.15) is 0 Å². The van der Waals surface area contributed by atoms with E-state index in [9.17, 15) is 9.36 Å². The molecular formula is C30H32O6P2S5. The van der Waals surface area contributed by atoms with Gasteiger partial charge in [-0.1, -0.05) is 12.1 Å². The van der Waals surface area contributed by atoms with Crippen molar-refractivity contribution in [2.24, 2.45) is 0 Å². The van der Waals surface area contributed by atoms with Gasteiger partial charge in [-0.25, -0.2) is 0 Å². The van der Waals surface area contributed by atoms with Gasteiger partial charge in [0.15, 0.2) is 0 Å². The Bertz CT molecular complexity index is 1760. The van der Waals surface area contributed by atoms with Crippen molar-refractivity contribution in [3.05, 3.63) is 59.3 Å². The minimum atomic E-state index is -4.21. The molecule has 0 spiro atoms. The van der Waals surface area contributed by atoms with Crippen LogP contribution in [-0.2, 0) is 27.5 Å². The lowest BCUT2D eigenvalue weighted by Crippen LogP contribution is -2.30. The first-order valence-corrected chi connectivity index (χ1v) is 21.1. The van der Waals surface area contributed by atoms with Crippen LogP contribution in [0.2, 0.25) is 0 Å². The van der Waals surface area contributed by atoms with Gasteiger partial charge in [0, 0.05) is 29.3 Å². The summed E-state index contributed by atoms with van der Waals surface area (Å²) in [6.07, 6.45) is -1.49. The first-order valence-electron chi connectivity index (χ1n) is 13.6. The molecule has 0 N–H and O–H groups in total. The molecule has 0 saturated carbocycles. The molecule has 228 valence electrons. The van der Waals surface area contributed by atoms with Crippen molar-refractivity contribution < 1.29 is 27.5 Å². The van der Waals surface area contributed by atoms with Gasteiger partial charge in [-0.05, 0) is 88.7 Å². The lowest BCUT2D eigenvalue weighted by Gasteiger charge is -2.26. The minimum Gasteiger partial charge on any atom is -0.317 e. The molecule has 5 aromatic heterocycles. The van der Waals surface area contributed by atoms with Gasteiger partial charge in [0.25, 0.3) is 7.37 Å². The van der Waals surface area contributed by atoms with E-state index in [2.05, 4.69) is 6.07 Å². The van der Waals surface area contributed by atoms with Crippen LogP contribution >= 0.6 is 71.6 Å². The molecule has 5 aromatic rings. The summed E-state index contributed by atoms with van der Waals surface area (Å²) in [5, 5.41) is 4.29. The van der Waals surface area contributed by atoms with Crippen molar-refractivity contribution in [2.75, 3.05) is 0 Å². The Labute approximate surface area is 272 Å². The molecule has 1 atom stereocenters. The van der Waals surface area contributed by atoms with Gasteiger partial charge < -0.3 is 13.6 Å². The van der Waals surface area contributed by atoms with Gasteiger partial charge in [0.1, 0.15) is 0 Å². The predicted octanol–water partition coefficient (Wildman–Crippen LogP) is 10.8. The van der Waals surface area contributed by atoms with Crippen molar-refractivity contribution in [1.82, 2.24) is 0 Å². The van der Waals surface area contributed by atoms with E-state index in [-0.39, 0.29) is 10.6 Å². The van der Waals surface area contributed by atoms with E-state index in [0.717, 1.165) is 29.3 Å². The second-order valence-corrected chi connectivity index (χ2v) is 19.4. The Morgan fingerprint density at radius 1 is 0.581 bits per heavy atom. The van der Waals surface area contributed by atoms with Crippen LogP contribution in [0.15, 0.2) is 59.3 Å². The highest BCUT2D eigenvalue weighted by molar-refractivity contribution is 7.83. The minimum absolute atomic E-state index is 0.103. The molecule has 13 heteroatoms. The maximum Gasteiger partial charge on any atom is 0.364 e. The molecule has 0 aliphatic heterocycles. The number of hydrogen-bond donors (Lipinski definition) is 0. The summed E-state index contributed by atoms with van der Waals surface area (Å²) < 4.78 is 48.0. The van der Waals surface area contributed by atoms with E-state index in [4.69, 9.17) is 13.6 Å². The zero-order valence-corrected chi connectivity index (χ0v) is 30.3. The lowest BCUT2D eigenvalue weighted by molar-refractivity contribution is 0.150. The summed E-state index contributed by atoms with van der Waals surface area (Å²) in [7, 11) is -8.37. The summed E-state index contributed by atoms with van der Waals surface area (Å²) in [5.41, 5.74) is 0. The first kappa shape index (κ1) is 32.9. The number of rotatable bonds is 13. The fourth-order valence-corrected chi connectivity index (χ4v) is 15.3. The molecule has 0 aromatic carbocycles. The Morgan fingerprint density at radius 2 is 1.02 bits per heavy atom. The summed E-state index contributed by atoms with van der Waals surface area (Å²) in [5.74, 6) is 0. The normalized spacial score (nSPS) is 13.8. The molecule has 0 fully saturated rings. The van der Waals surface area contributed by atoms with E-state index in [1.807, 2.05) is 53.2 Å². The van der Waals surface area contributed by atoms with E-state index in [1.165, 1.54) is 34.0 Å². The van der Waals surface area contributed by atoms with E-state index in [0.29, 0.717) is 15.8 Å². The van der Waals surface area contributed by atoms with Crippen molar-refractivity contribution >= 4 is 88.3 Å². The number of hydrogen-bond acceptors (Lipinski definition) is 11. The molecular weight excluding hydrogens is 679 g/mol. The van der Waals surface area contributed by atoms with Gasteiger partial charge in [0.05, 0.1) is 38.7 Å². The van der Waals surface area contributed by atoms with Gasteiger partial charge in [-0.15, -0.1) is 56.7 Å². The standard InChI is InChI=1S/C30H32O6P2S5/c1-18(2)34-37(32,17-31)27-28(38(33,35-19(3)4)36-20(5)6)30(26-14-12-24(42-26)22-10-8-16-40-22)43-29(27)25-13-11-23(41-25)21-9-7-15-39-21/h7-20H,1-6H3. The van der Waals surface area contributed by atoms with Crippen LogP contribution in [0.1, 0.15) is 41.5 Å². The third kappa shape index (κ3) is 7.02. The second kappa shape index (κ2) is 13.5. The largest absolute Gasteiger partial charge is 0.364 e. The third-order valence-electron chi connectivity index (χ3n) is 5.84. The Morgan fingerprint density at radius 3 is 1.42 bits per heavy atom. The molecule has 0 amide bonds. The summed E-state index contributed by atoms with van der Waals surface area (Å²) in [6.45, 7) is 10.6. The predicted molar refractivity (Wildman–Crippen MR) is 187 cm³/mol. The van der Waals surface area contributed by atoms with E-state index >= 15 is 4.57 Å². The summed E-state index contributed by atoms with van der Waals surface area (Å²) >= 11 is 7.67. The Kier molecular flexibility index (Phi) is 10.3. The monoisotopic (exact) mass is 710 g/mol. The van der Waals surface area contributed by atoms with Crippen LogP contribution in [0, 0.1) is 0 Å². The van der Waals surface area contributed by atoms with Crippen molar-refractivity contribution in [3.8, 4) is 39.0 Å².